The van der Waals surface area contributed by atoms with Gasteiger partial charge < -0.3 is 9.88 Å². The lowest BCUT2D eigenvalue weighted by Crippen LogP contribution is -2.15. The monoisotopic (exact) mass is 250 g/mol. The van der Waals surface area contributed by atoms with E-state index in [0.29, 0.717) is 5.69 Å². The highest BCUT2D eigenvalue weighted by atomic mass is 16.1. The lowest BCUT2D eigenvalue weighted by atomic mass is 10.1. The zero-order chi connectivity index (χ0) is 13.2. The molecule has 0 saturated carbocycles. The Balaban J connectivity index is 1.89. The Morgan fingerprint density at radius 1 is 1.00 bits per heavy atom. The van der Waals surface area contributed by atoms with Crippen LogP contribution in [0.2, 0.25) is 0 Å². The molecule has 0 saturated heterocycles. The average Bonchev–Trinajstić information content (AvgIpc) is 2.85. The van der Waals surface area contributed by atoms with E-state index in [1.807, 2.05) is 55.7 Å². The summed E-state index contributed by atoms with van der Waals surface area (Å²) in [5, 5.41) is 5.20. The second-order valence-electron chi connectivity index (χ2n) is 4.52. The number of rotatable bonds is 2. The van der Waals surface area contributed by atoms with E-state index in [-0.39, 0.29) is 5.91 Å². The summed E-state index contributed by atoms with van der Waals surface area (Å²) in [6.07, 6.45) is 1.86. The number of benzene rings is 2. The van der Waals surface area contributed by atoms with Crippen LogP contribution in [0.4, 0.5) is 5.69 Å². The molecule has 2 aromatic carbocycles. The van der Waals surface area contributed by atoms with E-state index in [2.05, 4.69) is 11.4 Å². The van der Waals surface area contributed by atoms with Crippen molar-refractivity contribution in [1.29, 1.82) is 0 Å². The number of anilines is 1. The van der Waals surface area contributed by atoms with E-state index >= 15 is 0 Å². The highest BCUT2D eigenvalue weighted by Crippen LogP contribution is 2.19. The Kier molecular flexibility index (Phi) is 2.80. The molecule has 94 valence electrons. The second kappa shape index (κ2) is 4.61. The Morgan fingerprint density at radius 2 is 1.79 bits per heavy atom. The maximum atomic E-state index is 12.1. The van der Waals surface area contributed by atoms with Crippen molar-refractivity contribution in [2.24, 2.45) is 7.05 Å². The van der Waals surface area contributed by atoms with Crippen LogP contribution in [-0.4, -0.2) is 10.5 Å². The van der Waals surface area contributed by atoms with Gasteiger partial charge in [0.15, 0.2) is 0 Å². The number of aryl methyl sites for hydroxylation is 1. The summed E-state index contributed by atoms with van der Waals surface area (Å²) in [4.78, 5) is 12.1. The van der Waals surface area contributed by atoms with Gasteiger partial charge in [-0.3, -0.25) is 4.79 Å². The molecule has 3 heteroatoms. The highest BCUT2D eigenvalue weighted by Gasteiger charge is 2.08. The SMILES string of the molecule is Cn1cccc1C(=O)Nc1ccc2ccccc2c1. The van der Waals surface area contributed by atoms with Crippen molar-refractivity contribution in [3.05, 3.63) is 66.5 Å². The van der Waals surface area contributed by atoms with E-state index in [0.717, 1.165) is 11.1 Å². The van der Waals surface area contributed by atoms with Gasteiger partial charge >= 0.3 is 0 Å². The minimum absolute atomic E-state index is 0.0946. The van der Waals surface area contributed by atoms with E-state index in [4.69, 9.17) is 0 Å². The first-order chi connectivity index (χ1) is 9.24. The van der Waals surface area contributed by atoms with Gasteiger partial charge in [-0.2, -0.15) is 0 Å². The van der Waals surface area contributed by atoms with Crippen LogP contribution in [-0.2, 0) is 7.05 Å². The molecule has 0 spiro atoms. The molecule has 0 bridgehead atoms. The summed E-state index contributed by atoms with van der Waals surface area (Å²) in [5.74, 6) is -0.0946. The lowest BCUT2D eigenvalue weighted by molar-refractivity contribution is 0.101. The van der Waals surface area contributed by atoms with Crippen LogP contribution in [0.5, 0.6) is 0 Å². The molecule has 1 heterocycles. The number of nitrogens with one attached hydrogen (secondary N) is 1. The topological polar surface area (TPSA) is 34.0 Å². The predicted molar refractivity (Wildman–Crippen MR) is 77.3 cm³/mol. The molecule has 0 fully saturated rings. The highest BCUT2D eigenvalue weighted by molar-refractivity contribution is 6.04. The fourth-order valence-corrected chi connectivity index (χ4v) is 2.16. The first-order valence-electron chi connectivity index (χ1n) is 6.15. The summed E-state index contributed by atoms with van der Waals surface area (Å²) in [5.41, 5.74) is 1.46. The van der Waals surface area contributed by atoms with Crippen molar-refractivity contribution < 1.29 is 4.79 Å². The third kappa shape index (κ3) is 2.22. The van der Waals surface area contributed by atoms with Crippen molar-refractivity contribution in [3.8, 4) is 0 Å². The van der Waals surface area contributed by atoms with Crippen LogP contribution < -0.4 is 5.32 Å². The second-order valence-corrected chi connectivity index (χ2v) is 4.52. The third-order valence-electron chi connectivity index (χ3n) is 3.18. The number of hydrogen-bond donors (Lipinski definition) is 1. The molecule has 1 aromatic heterocycles. The van der Waals surface area contributed by atoms with Gasteiger partial charge in [-0.05, 0) is 35.0 Å². The Hall–Kier alpha value is -2.55. The fourth-order valence-electron chi connectivity index (χ4n) is 2.16. The summed E-state index contributed by atoms with van der Waals surface area (Å²) in [6.45, 7) is 0. The van der Waals surface area contributed by atoms with E-state index in [9.17, 15) is 4.79 Å². The molecule has 0 aliphatic carbocycles. The molecule has 3 nitrogen and oxygen atoms in total. The van der Waals surface area contributed by atoms with Gasteiger partial charge in [0, 0.05) is 18.9 Å². The average molecular weight is 250 g/mol. The van der Waals surface area contributed by atoms with Gasteiger partial charge in [-0.25, -0.2) is 0 Å². The molecule has 3 aromatic rings. The molecular formula is C16H14N2O. The van der Waals surface area contributed by atoms with Gasteiger partial charge in [0.05, 0.1) is 0 Å². The van der Waals surface area contributed by atoms with Crippen molar-refractivity contribution >= 4 is 22.4 Å². The molecular weight excluding hydrogens is 236 g/mol. The summed E-state index contributed by atoms with van der Waals surface area (Å²) >= 11 is 0. The standard InChI is InChI=1S/C16H14N2O/c1-18-10-4-7-15(18)16(19)17-14-9-8-12-5-2-3-6-13(12)11-14/h2-11H,1H3,(H,17,19). The van der Waals surface area contributed by atoms with Crippen LogP contribution >= 0.6 is 0 Å². The molecule has 1 N–H and O–H groups in total. The van der Waals surface area contributed by atoms with Crippen LogP contribution in [0.1, 0.15) is 10.5 Å². The number of nitrogens with zero attached hydrogens (tertiary/aromatic N) is 1. The maximum Gasteiger partial charge on any atom is 0.272 e. The fraction of sp³-hybridized carbons (Fsp3) is 0.0625. The maximum absolute atomic E-state index is 12.1. The number of carbonyl (C=O) groups excluding carboxylic acids is 1. The number of hydrogen-bond acceptors (Lipinski definition) is 1. The van der Waals surface area contributed by atoms with Crippen molar-refractivity contribution in [2.75, 3.05) is 5.32 Å². The zero-order valence-electron chi connectivity index (χ0n) is 10.6. The molecule has 19 heavy (non-hydrogen) atoms. The van der Waals surface area contributed by atoms with E-state index in [1.165, 1.54) is 5.39 Å². The first kappa shape index (κ1) is 11.5. The van der Waals surface area contributed by atoms with Gasteiger partial charge in [0.1, 0.15) is 5.69 Å². The molecule has 0 aliphatic heterocycles. The van der Waals surface area contributed by atoms with Crippen LogP contribution in [0.15, 0.2) is 60.8 Å². The largest absolute Gasteiger partial charge is 0.347 e. The van der Waals surface area contributed by atoms with E-state index < -0.39 is 0 Å². The van der Waals surface area contributed by atoms with Gasteiger partial charge in [-0.1, -0.05) is 30.3 Å². The van der Waals surface area contributed by atoms with Crippen molar-refractivity contribution in [3.63, 3.8) is 0 Å². The molecule has 0 atom stereocenters. The van der Waals surface area contributed by atoms with Gasteiger partial charge in [0.25, 0.3) is 5.91 Å². The normalized spacial score (nSPS) is 10.6. The summed E-state index contributed by atoms with van der Waals surface area (Å²) in [6, 6.07) is 17.7. The minimum Gasteiger partial charge on any atom is -0.347 e. The predicted octanol–water partition coefficient (Wildman–Crippen LogP) is 3.43. The minimum atomic E-state index is -0.0946. The summed E-state index contributed by atoms with van der Waals surface area (Å²) in [7, 11) is 1.86. The Morgan fingerprint density at radius 3 is 2.53 bits per heavy atom. The Bertz CT molecular complexity index is 743. The smallest absolute Gasteiger partial charge is 0.272 e. The quantitative estimate of drug-likeness (QED) is 0.742. The number of amides is 1. The lowest BCUT2D eigenvalue weighted by Gasteiger charge is -2.07. The van der Waals surface area contributed by atoms with Crippen LogP contribution in [0.3, 0.4) is 0 Å². The van der Waals surface area contributed by atoms with Crippen molar-refractivity contribution in [1.82, 2.24) is 4.57 Å². The van der Waals surface area contributed by atoms with Crippen LogP contribution in [0.25, 0.3) is 10.8 Å². The molecule has 0 unspecified atom stereocenters. The van der Waals surface area contributed by atoms with E-state index in [1.54, 1.807) is 10.6 Å². The zero-order valence-corrected chi connectivity index (χ0v) is 10.6. The van der Waals surface area contributed by atoms with Gasteiger partial charge in [0.2, 0.25) is 0 Å². The van der Waals surface area contributed by atoms with Gasteiger partial charge in [-0.15, -0.1) is 0 Å². The molecule has 3 rings (SSSR count). The molecule has 0 radical (unpaired) electrons. The molecule has 0 aliphatic rings. The number of fused-ring (bicyclic) bond motifs is 1. The summed E-state index contributed by atoms with van der Waals surface area (Å²) < 4.78 is 1.80. The third-order valence-corrected chi connectivity index (χ3v) is 3.18. The first-order valence-corrected chi connectivity index (χ1v) is 6.15. The number of carbonyl (C=O) groups is 1. The Labute approximate surface area is 111 Å². The number of aromatic nitrogens is 1. The van der Waals surface area contributed by atoms with Crippen molar-refractivity contribution in [2.45, 2.75) is 0 Å². The molecule has 1 amide bonds. The van der Waals surface area contributed by atoms with Crippen LogP contribution in [0, 0.1) is 0 Å².